The zero-order valence-corrected chi connectivity index (χ0v) is 9.47. The van der Waals surface area contributed by atoms with Crippen molar-refractivity contribution in [3.8, 4) is 0 Å². The van der Waals surface area contributed by atoms with E-state index in [-0.39, 0.29) is 20.4 Å². The molecule has 50 valence electrons. The summed E-state index contributed by atoms with van der Waals surface area (Å²) in [6.07, 6.45) is 0. The molecular weight excluding hydrogens is 240 g/mol. The van der Waals surface area contributed by atoms with Gasteiger partial charge in [-0.3, -0.25) is 0 Å². The molecule has 0 N–H and O–H groups in total. The molecule has 1 aromatic heterocycles. The molecule has 2 heteroatoms. The van der Waals surface area contributed by atoms with Gasteiger partial charge in [0.1, 0.15) is 0 Å². The third kappa shape index (κ3) is 1.96. The Morgan fingerprint density at radius 3 is 2.22 bits per heavy atom. The van der Waals surface area contributed by atoms with Crippen molar-refractivity contribution in [1.29, 1.82) is 0 Å². The standard InChI is InChI=1S/C7H12SiTe/c1-8(2,3)7-5-4-6-9-7/h4-6H,1-3H3. The Balaban J connectivity index is 2.90. The second kappa shape index (κ2) is 2.62. The topological polar surface area (TPSA) is 0 Å². The molecule has 0 amide bonds. The molecule has 0 fully saturated rings. The van der Waals surface area contributed by atoms with Crippen LogP contribution in [-0.2, 0) is 0 Å². The first-order chi connectivity index (χ1) is 4.11. The first kappa shape index (κ1) is 7.59. The molecule has 0 unspecified atom stereocenters. The molecule has 0 aliphatic heterocycles. The molecule has 0 nitrogen and oxygen atoms in total. The molecule has 0 bridgehead atoms. The Labute approximate surface area is 67.5 Å². The van der Waals surface area contributed by atoms with Crippen molar-refractivity contribution in [1.82, 2.24) is 0 Å². The van der Waals surface area contributed by atoms with Crippen molar-refractivity contribution < 1.29 is 0 Å². The van der Waals surface area contributed by atoms with Crippen LogP contribution >= 0.6 is 0 Å². The fourth-order valence-corrected chi connectivity index (χ4v) is 6.45. The molecule has 0 atom stereocenters. The molecule has 0 aliphatic carbocycles. The molecule has 1 heterocycles. The van der Waals surface area contributed by atoms with E-state index in [1.165, 1.54) is 0 Å². The van der Waals surface area contributed by atoms with Gasteiger partial charge in [-0.2, -0.15) is 0 Å². The van der Waals surface area contributed by atoms with Crippen molar-refractivity contribution in [2.75, 3.05) is 0 Å². The summed E-state index contributed by atoms with van der Waals surface area (Å²) in [5.41, 5.74) is 0. The van der Waals surface area contributed by atoms with E-state index >= 15 is 0 Å². The van der Waals surface area contributed by atoms with Crippen LogP contribution in [0.4, 0.5) is 0 Å². The van der Waals surface area contributed by atoms with E-state index in [2.05, 4.69) is 35.9 Å². The molecule has 0 saturated heterocycles. The summed E-state index contributed by atoms with van der Waals surface area (Å²) in [6.45, 7) is 7.28. The van der Waals surface area contributed by atoms with Crippen LogP contribution in [0, 0.1) is 0 Å². The van der Waals surface area contributed by atoms with E-state index in [0.717, 1.165) is 0 Å². The third-order valence-corrected chi connectivity index (χ3v) is 10.9. The Hall–Kier alpha value is 0.486. The van der Waals surface area contributed by atoms with Crippen LogP contribution < -0.4 is 3.20 Å². The van der Waals surface area contributed by atoms with Gasteiger partial charge in [-0.05, 0) is 0 Å². The van der Waals surface area contributed by atoms with E-state index < -0.39 is 8.07 Å². The van der Waals surface area contributed by atoms with Crippen molar-refractivity contribution in [3.63, 3.8) is 0 Å². The van der Waals surface area contributed by atoms with Gasteiger partial charge in [-0.15, -0.1) is 0 Å². The molecule has 1 aromatic rings. The van der Waals surface area contributed by atoms with Crippen LogP contribution in [0.3, 0.4) is 0 Å². The van der Waals surface area contributed by atoms with Crippen LogP contribution in [0.15, 0.2) is 16.2 Å². The van der Waals surface area contributed by atoms with Crippen molar-refractivity contribution in [2.24, 2.45) is 0 Å². The van der Waals surface area contributed by atoms with Crippen molar-refractivity contribution in [2.45, 2.75) is 19.6 Å². The van der Waals surface area contributed by atoms with Gasteiger partial charge < -0.3 is 0 Å². The molecule has 0 radical (unpaired) electrons. The van der Waals surface area contributed by atoms with E-state index in [1.807, 2.05) is 3.20 Å². The van der Waals surface area contributed by atoms with E-state index in [9.17, 15) is 0 Å². The van der Waals surface area contributed by atoms with Gasteiger partial charge in [0.25, 0.3) is 0 Å². The average Bonchev–Trinajstić information content (AvgIpc) is 2.08. The van der Waals surface area contributed by atoms with Gasteiger partial charge in [0.15, 0.2) is 0 Å². The maximum atomic E-state index is 2.43. The summed E-state index contributed by atoms with van der Waals surface area (Å²) in [6, 6.07) is 4.57. The fraction of sp³-hybridized carbons (Fsp3) is 0.429. The summed E-state index contributed by atoms with van der Waals surface area (Å²) in [7, 11) is -0.868. The minimum atomic E-state index is -0.868. The SMILES string of the molecule is C[Si](C)(C)c1ccc[te]1. The monoisotopic (exact) mass is 254 g/mol. The number of hydrogen-bond acceptors (Lipinski definition) is 0. The van der Waals surface area contributed by atoms with Gasteiger partial charge in [0.05, 0.1) is 0 Å². The number of hydrogen-bond donors (Lipinski definition) is 0. The molecule has 0 spiro atoms. The zero-order chi connectivity index (χ0) is 6.91. The van der Waals surface area contributed by atoms with Gasteiger partial charge in [0, 0.05) is 0 Å². The summed E-state index contributed by atoms with van der Waals surface area (Å²) < 4.78 is 4.19. The van der Waals surface area contributed by atoms with Gasteiger partial charge in [-0.25, -0.2) is 0 Å². The normalized spacial score (nSPS) is 11.9. The van der Waals surface area contributed by atoms with Gasteiger partial charge >= 0.3 is 67.6 Å². The van der Waals surface area contributed by atoms with Crippen LogP contribution in [0.5, 0.6) is 0 Å². The van der Waals surface area contributed by atoms with Gasteiger partial charge in [-0.1, -0.05) is 0 Å². The summed E-state index contributed by atoms with van der Waals surface area (Å²) >= 11 is 0.167. The Morgan fingerprint density at radius 1 is 1.33 bits per heavy atom. The Bertz CT molecular complexity index is 171. The third-order valence-electron chi connectivity index (χ3n) is 1.26. The first-order valence-corrected chi connectivity index (χ1v) is 9.16. The van der Waals surface area contributed by atoms with E-state index in [0.29, 0.717) is 0 Å². The second-order valence-corrected chi connectivity index (χ2v) is 12.1. The van der Waals surface area contributed by atoms with Crippen molar-refractivity contribution >= 4 is 31.7 Å². The van der Waals surface area contributed by atoms with Gasteiger partial charge in [0.2, 0.25) is 0 Å². The second-order valence-electron chi connectivity index (χ2n) is 3.23. The quantitative estimate of drug-likeness (QED) is 0.660. The first-order valence-electron chi connectivity index (χ1n) is 3.15. The van der Waals surface area contributed by atoms with Crippen molar-refractivity contribution in [3.05, 3.63) is 16.2 Å². The van der Waals surface area contributed by atoms with E-state index in [1.54, 1.807) is 0 Å². The number of rotatable bonds is 1. The van der Waals surface area contributed by atoms with E-state index in [4.69, 9.17) is 0 Å². The fourth-order valence-electron chi connectivity index (χ4n) is 0.705. The zero-order valence-electron chi connectivity index (χ0n) is 6.14. The predicted molar refractivity (Wildman–Crippen MR) is 46.4 cm³/mol. The maximum absolute atomic E-state index is 2.43. The van der Waals surface area contributed by atoms with Crippen LogP contribution in [-0.4, -0.2) is 28.5 Å². The Morgan fingerprint density at radius 2 is 2.00 bits per heavy atom. The molecular formula is C7H12SiTe. The summed E-state index contributed by atoms with van der Waals surface area (Å²) in [5, 5.41) is 0. The average molecular weight is 252 g/mol. The molecule has 0 aliphatic rings. The Kier molecular flexibility index (Phi) is 2.21. The predicted octanol–water partition coefficient (Wildman–Crippen LogP) is 1.29. The van der Waals surface area contributed by atoms with Crippen LogP contribution in [0.1, 0.15) is 0 Å². The summed E-state index contributed by atoms with van der Waals surface area (Å²) in [5.74, 6) is 0. The summed E-state index contributed by atoms with van der Waals surface area (Å²) in [4.78, 5) is 0. The molecule has 0 saturated carbocycles. The van der Waals surface area contributed by atoms with Crippen LogP contribution in [0.25, 0.3) is 0 Å². The molecule has 1 rings (SSSR count). The molecule has 0 aromatic carbocycles. The van der Waals surface area contributed by atoms with Crippen LogP contribution in [0.2, 0.25) is 19.6 Å². The molecule has 9 heavy (non-hydrogen) atoms. The minimum absolute atomic E-state index is 0.167.